The van der Waals surface area contributed by atoms with E-state index in [1.54, 1.807) is 0 Å². The molecule has 0 radical (unpaired) electrons. The maximum absolute atomic E-state index is 10.9. The Morgan fingerprint density at radius 3 is 2.25 bits per heavy atom. The second-order valence-corrected chi connectivity index (χ2v) is 4.91. The van der Waals surface area contributed by atoms with E-state index in [0.29, 0.717) is 25.2 Å². The van der Waals surface area contributed by atoms with Crippen molar-refractivity contribution in [3.05, 3.63) is 11.3 Å². The van der Waals surface area contributed by atoms with E-state index < -0.39 is 15.5 Å². The molecule has 0 spiro atoms. The number of hydrogen-bond acceptors (Lipinski definition) is 3. The second-order valence-electron chi connectivity index (χ2n) is 3.36. The number of hydrogen-bond donors (Lipinski definition) is 1. The fourth-order valence-electron chi connectivity index (χ4n) is 1.36. The van der Waals surface area contributed by atoms with Crippen molar-refractivity contribution in [2.24, 2.45) is 0 Å². The van der Waals surface area contributed by atoms with E-state index in [4.69, 9.17) is 14.6 Å². The number of ether oxygens (including phenoxy) is 2. The number of carboxylic acid groups (broad SMARTS) is 1. The Labute approximate surface area is 99.5 Å². The first kappa shape index (κ1) is 15.3. The lowest BCUT2D eigenvalue weighted by molar-refractivity contribution is -0.132. The van der Waals surface area contributed by atoms with Gasteiger partial charge < -0.3 is 14.6 Å². The molecule has 0 aromatic heterocycles. The summed E-state index contributed by atoms with van der Waals surface area (Å²) >= 11 is 0. The van der Waals surface area contributed by atoms with Crippen molar-refractivity contribution in [3.63, 3.8) is 0 Å². The van der Waals surface area contributed by atoms with Crippen LogP contribution in [0, 0.1) is 0 Å². The van der Waals surface area contributed by atoms with Gasteiger partial charge >= 0.3 is 5.97 Å². The van der Waals surface area contributed by atoms with Crippen molar-refractivity contribution >= 4 is 15.5 Å². The average Bonchev–Trinajstić information content (AvgIpc) is 2.24. The molecule has 0 saturated carbocycles. The largest absolute Gasteiger partial charge is 0.478 e. The minimum absolute atomic E-state index is 0.193. The van der Waals surface area contributed by atoms with E-state index in [-0.39, 0.29) is 5.91 Å². The third-order valence-corrected chi connectivity index (χ3v) is 3.64. The van der Waals surface area contributed by atoms with Gasteiger partial charge in [0.25, 0.3) is 0 Å². The number of carboxylic acids is 1. The molecule has 0 fully saturated rings. The monoisotopic (exact) mass is 246 g/mol. The van der Waals surface area contributed by atoms with Gasteiger partial charge in [-0.15, -0.1) is 0 Å². The summed E-state index contributed by atoms with van der Waals surface area (Å²) in [5.74, 6) is -1.01. The lowest BCUT2D eigenvalue weighted by Crippen LogP contribution is -2.24. The molecule has 16 heavy (non-hydrogen) atoms. The molecule has 0 atom stereocenters. The Morgan fingerprint density at radius 1 is 1.31 bits per heavy atom. The summed E-state index contributed by atoms with van der Waals surface area (Å²) in [7, 11) is -0.795. The molecule has 0 aliphatic heterocycles. The van der Waals surface area contributed by atoms with Crippen LogP contribution in [0.3, 0.4) is 0 Å². The van der Waals surface area contributed by atoms with E-state index in [1.165, 1.54) is 0 Å². The molecule has 0 amide bonds. The van der Waals surface area contributed by atoms with Gasteiger partial charge in [-0.25, -0.2) is 4.79 Å². The fraction of sp³-hybridized carbons (Fsp3) is 0.727. The van der Waals surface area contributed by atoms with Crippen LogP contribution in [0.5, 0.6) is 0 Å². The maximum Gasteiger partial charge on any atom is 0.330 e. The summed E-state index contributed by atoms with van der Waals surface area (Å²) < 4.78 is 10.8. The predicted molar refractivity (Wildman–Crippen MR) is 66.2 cm³/mol. The van der Waals surface area contributed by atoms with Crippen molar-refractivity contribution in [1.82, 2.24) is 0 Å². The van der Waals surface area contributed by atoms with Crippen LogP contribution in [0.15, 0.2) is 11.3 Å². The van der Waals surface area contributed by atoms with Crippen LogP contribution >= 0.6 is 0 Å². The number of aliphatic carboxylic acids is 1. The summed E-state index contributed by atoms with van der Waals surface area (Å²) in [6, 6.07) is 0. The van der Waals surface area contributed by atoms with Gasteiger partial charge in [-0.1, -0.05) is 19.0 Å². The van der Waals surface area contributed by atoms with Gasteiger partial charge in [-0.3, -0.25) is 0 Å². The molecular formula is C11H22O4Si. The third kappa shape index (κ3) is 6.76. The first-order chi connectivity index (χ1) is 7.65. The zero-order valence-electron chi connectivity index (χ0n) is 10.4. The van der Waals surface area contributed by atoms with Crippen LogP contribution in [0.1, 0.15) is 33.6 Å². The third-order valence-electron chi connectivity index (χ3n) is 2.06. The van der Waals surface area contributed by atoms with Crippen molar-refractivity contribution in [2.45, 2.75) is 39.5 Å². The number of carbonyl (C=O) groups is 1. The summed E-state index contributed by atoms with van der Waals surface area (Å²) in [4.78, 5) is 10.9. The molecule has 0 heterocycles. The highest BCUT2D eigenvalue weighted by molar-refractivity contribution is 6.44. The van der Waals surface area contributed by atoms with Crippen LogP contribution in [0.2, 0.25) is 0 Å². The minimum Gasteiger partial charge on any atom is -0.478 e. The van der Waals surface area contributed by atoms with E-state index in [2.05, 4.69) is 0 Å². The standard InChI is InChI=1S/C11H22O4Si/c1-4-7-9(10(12)13)8-16-11(14-5-2)15-6-3/h8,11H,4-7,16H2,1-3H3,(H,12,13). The molecule has 0 bridgehead atoms. The van der Waals surface area contributed by atoms with E-state index >= 15 is 0 Å². The van der Waals surface area contributed by atoms with Crippen molar-refractivity contribution in [1.29, 1.82) is 0 Å². The van der Waals surface area contributed by atoms with Crippen molar-refractivity contribution in [3.8, 4) is 0 Å². The molecular weight excluding hydrogens is 224 g/mol. The Hall–Kier alpha value is -0.653. The Bertz CT molecular complexity index is 222. The molecule has 0 rings (SSSR count). The molecule has 0 aliphatic carbocycles. The van der Waals surface area contributed by atoms with Gasteiger partial charge in [-0.2, -0.15) is 0 Å². The first-order valence-corrected chi connectivity index (χ1v) is 7.44. The van der Waals surface area contributed by atoms with E-state index in [1.807, 2.05) is 26.5 Å². The molecule has 0 aromatic carbocycles. The van der Waals surface area contributed by atoms with Gasteiger partial charge in [0.1, 0.15) is 15.4 Å². The van der Waals surface area contributed by atoms with Crippen molar-refractivity contribution in [2.75, 3.05) is 13.2 Å². The van der Waals surface area contributed by atoms with Crippen LogP contribution in [-0.2, 0) is 14.3 Å². The molecule has 1 N–H and O–H groups in total. The summed E-state index contributed by atoms with van der Waals surface area (Å²) in [6.07, 6.45) is 1.47. The molecule has 5 heteroatoms. The lowest BCUT2D eigenvalue weighted by atomic mass is 10.2. The SMILES string of the molecule is CCCC(=C[SiH2]C(OCC)OCC)C(=O)O. The highest BCUT2D eigenvalue weighted by atomic mass is 28.2. The fourth-order valence-corrected chi connectivity index (χ4v) is 2.96. The van der Waals surface area contributed by atoms with Gasteiger partial charge in [0.2, 0.25) is 0 Å². The molecule has 94 valence electrons. The van der Waals surface area contributed by atoms with Crippen LogP contribution < -0.4 is 0 Å². The van der Waals surface area contributed by atoms with E-state index in [0.717, 1.165) is 6.42 Å². The lowest BCUT2D eigenvalue weighted by Gasteiger charge is -2.15. The van der Waals surface area contributed by atoms with Gasteiger partial charge in [-0.05, 0) is 20.3 Å². The van der Waals surface area contributed by atoms with Crippen LogP contribution in [0.4, 0.5) is 0 Å². The second kappa shape index (κ2) is 9.56. The smallest absolute Gasteiger partial charge is 0.330 e. The molecule has 0 aliphatic rings. The summed E-state index contributed by atoms with van der Waals surface area (Å²) in [6.45, 7) is 6.99. The predicted octanol–water partition coefficient (Wildman–Crippen LogP) is 1.28. The van der Waals surface area contributed by atoms with Gasteiger partial charge in [0.05, 0.1) is 0 Å². The van der Waals surface area contributed by atoms with Crippen LogP contribution in [0.25, 0.3) is 0 Å². The summed E-state index contributed by atoms with van der Waals surface area (Å²) in [5, 5.41) is 8.95. The Balaban J connectivity index is 4.28. The Kier molecular flexibility index (Phi) is 9.17. The van der Waals surface area contributed by atoms with Gasteiger partial charge in [0.15, 0.2) is 0 Å². The Morgan fingerprint density at radius 2 is 1.88 bits per heavy atom. The van der Waals surface area contributed by atoms with Gasteiger partial charge in [0, 0.05) is 18.8 Å². The number of rotatable bonds is 9. The molecule has 0 saturated heterocycles. The maximum atomic E-state index is 10.9. The van der Waals surface area contributed by atoms with Crippen LogP contribution in [-0.4, -0.2) is 39.7 Å². The summed E-state index contributed by atoms with van der Waals surface area (Å²) in [5.41, 5.74) is 2.33. The quantitative estimate of drug-likeness (QED) is 0.378. The highest BCUT2D eigenvalue weighted by Gasteiger charge is 2.10. The van der Waals surface area contributed by atoms with E-state index in [9.17, 15) is 4.79 Å². The normalized spacial score (nSPS) is 12.9. The average molecular weight is 246 g/mol. The zero-order valence-corrected chi connectivity index (χ0v) is 11.8. The minimum atomic E-state index is -0.818. The topological polar surface area (TPSA) is 55.8 Å². The van der Waals surface area contributed by atoms with Crippen molar-refractivity contribution < 1.29 is 19.4 Å². The molecule has 4 nitrogen and oxygen atoms in total. The zero-order chi connectivity index (χ0) is 12.4. The molecule has 0 aromatic rings. The first-order valence-electron chi connectivity index (χ1n) is 5.81. The highest BCUT2D eigenvalue weighted by Crippen LogP contribution is 2.05. The molecule has 0 unspecified atom stereocenters.